The highest BCUT2D eigenvalue weighted by Gasteiger charge is 2.27. The summed E-state index contributed by atoms with van der Waals surface area (Å²) < 4.78 is 5.02. The molecule has 1 saturated heterocycles. The summed E-state index contributed by atoms with van der Waals surface area (Å²) in [5, 5.41) is 3.65. The number of methoxy groups -OCH3 is 1. The van der Waals surface area contributed by atoms with Gasteiger partial charge in [-0.3, -0.25) is 9.69 Å². The molecule has 4 rings (SSSR count). The Morgan fingerprint density at radius 1 is 1.13 bits per heavy atom. The molecule has 0 aromatic carbocycles. The second kappa shape index (κ2) is 9.57. The number of thiophene rings is 1. The molecular weight excluding hydrogens is 400 g/mol. The van der Waals surface area contributed by atoms with Crippen LogP contribution in [0.3, 0.4) is 0 Å². The van der Waals surface area contributed by atoms with E-state index in [0.29, 0.717) is 17.1 Å². The van der Waals surface area contributed by atoms with Gasteiger partial charge in [0.15, 0.2) is 0 Å². The van der Waals surface area contributed by atoms with Crippen molar-refractivity contribution in [1.82, 2.24) is 9.88 Å². The number of aryl methyl sites for hydroxylation is 1. The smallest absolute Gasteiger partial charge is 0.341 e. The van der Waals surface area contributed by atoms with E-state index in [1.807, 2.05) is 18.2 Å². The number of anilines is 2. The summed E-state index contributed by atoms with van der Waals surface area (Å²) in [6.45, 7) is 3.60. The lowest BCUT2D eigenvalue weighted by Gasteiger charge is -2.34. The second-order valence-corrected chi connectivity index (χ2v) is 8.86. The van der Waals surface area contributed by atoms with Gasteiger partial charge in [0.05, 0.1) is 19.2 Å². The van der Waals surface area contributed by atoms with Gasteiger partial charge in [0, 0.05) is 37.3 Å². The van der Waals surface area contributed by atoms with Crippen LogP contribution in [0.5, 0.6) is 0 Å². The molecule has 1 aliphatic heterocycles. The highest BCUT2D eigenvalue weighted by Crippen LogP contribution is 2.37. The topological polar surface area (TPSA) is 74.8 Å². The molecular formula is C22H28N4O3S. The number of nitrogens with zero attached hydrogens (tertiary/aromatic N) is 3. The Bertz CT molecular complexity index is 891. The predicted octanol–water partition coefficient (Wildman–Crippen LogP) is 2.96. The third-order valence-corrected chi connectivity index (χ3v) is 6.98. The maximum Gasteiger partial charge on any atom is 0.341 e. The number of fused-ring (bicyclic) bond motifs is 1. The Morgan fingerprint density at radius 2 is 1.93 bits per heavy atom. The number of carbonyl (C=O) groups is 2. The number of carbonyl (C=O) groups excluding carboxylic acids is 2. The van der Waals surface area contributed by atoms with Crippen molar-refractivity contribution in [2.45, 2.75) is 32.1 Å². The molecule has 1 aliphatic carbocycles. The van der Waals surface area contributed by atoms with Crippen molar-refractivity contribution in [2.75, 3.05) is 50.1 Å². The molecule has 3 heterocycles. The first-order valence-electron chi connectivity index (χ1n) is 10.6. The number of nitrogens with one attached hydrogen (secondary N) is 1. The lowest BCUT2D eigenvalue weighted by atomic mass is 10.1. The van der Waals surface area contributed by atoms with Crippen molar-refractivity contribution < 1.29 is 14.3 Å². The number of hydrogen-bond acceptors (Lipinski definition) is 7. The average Bonchev–Trinajstić information content (AvgIpc) is 2.94. The van der Waals surface area contributed by atoms with Crippen molar-refractivity contribution in [1.29, 1.82) is 0 Å². The number of ether oxygens (including phenoxy) is 1. The number of amides is 1. The SMILES string of the molecule is COC(=O)c1c(NC(=O)CN2CCN(c3ccccn3)CC2)sc2c1CCCCC2. The van der Waals surface area contributed by atoms with Gasteiger partial charge in [-0.25, -0.2) is 9.78 Å². The molecule has 0 atom stereocenters. The summed E-state index contributed by atoms with van der Waals surface area (Å²) >= 11 is 1.54. The van der Waals surface area contributed by atoms with E-state index in [1.165, 1.54) is 29.7 Å². The number of rotatable bonds is 5. The zero-order valence-corrected chi connectivity index (χ0v) is 18.2. The Kier molecular flexibility index (Phi) is 6.64. The molecule has 7 nitrogen and oxygen atoms in total. The van der Waals surface area contributed by atoms with Crippen LogP contribution in [-0.4, -0.2) is 61.6 Å². The summed E-state index contributed by atoms with van der Waals surface area (Å²) in [6.07, 6.45) is 7.02. The van der Waals surface area contributed by atoms with Gasteiger partial charge in [0.1, 0.15) is 10.8 Å². The monoisotopic (exact) mass is 428 g/mol. The first kappa shape index (κ1) is 20.8. The van der Waals surface area contributed by atoms with Crippen LogP contribution in [0.25, 0.3) is 0 Å². The van der Waals surface area contributed by atoms with Crippen molar-refractivity contribution >= 4 is 34.0 Å². The summed E-state index contributed by atoms with van der Waals surface area (Å²) in [4.78, 5) is 35.2. The van der Waals surface area contributed by atoms with Crippen molar-refractivity contribution in [3.05, 3.63) is 40.4 Å². The Labute approximate surface area is 181 Å². The minimum atomic E-state index is -0.353. The van der Waals surface area contributed by atoms with Crippen molar-refractivity contribution in [3.63, 3.8) is 0 Å². The van der Waals surface area contributed by atoms with E-state index in [4.69, 9.17) is 4.74 Å². The Hall–Kier alpha value is -2.45. The lowest BCUT2D eigenvalue weighted by molar-refractivity contribution is -0.117. The summed E-state index contributed by atoms with van der Waals surface area (Å²) in [5.41, 5.74) is 1.64. The number of aromatic nitrogens is 1. The second-order valence-electron chi connectivity index (χ2n) is 7.76. The van der Waals surface area contributed by atoms with Crippen LogP contribution in [0.1, 0.15) is 40.1 Å². The van der Waals surface area contributed by atoms with Crippen LogP contribution in [0.4, 0.5) is 10.8 Å². The van der Waals surface area contributed by atoms with Gasteiger partial charge in [-0.05, 0) is 43.4 Å². The molecule has 0 spiro atoms. The van der Waals surface area contributed by atoms with E-state index in [1.54, 1.807) is 6.20 Å². The van der Waals surface area contributed by atoms with Crippen LogP contribution in [-0.2, 0) is 22.4 Å². The third kappa shape index (κ3) is 4.65. The molecule has 2 aromatic rings. The number of piperazine rings is 1. The van der Waals surface area contributed by atoms with E-state index < -0.39 is 0 Å². The lowest BCUT2D eigenvalue weighted by Crippen LogP contribution is -2.48. The van der Waals surface area contributed by atoms with E-state index in [0.717, 1.165) is 63.2 Å². The molecule has 2 aliphatic rings. The molecule has 0 radical (unpaired) electrons. The minimum absolute atomic E-state index is 0.0807. The average molecular weight is 429 g/mol. The van der Waals surface area contributed by atoms with Crippen molar-refractivity contribution in [2.24, 2.45) is 0 Å². The van der Waals surface area contributed by atoms with Gasteiger partial charge in [0.2, 0.25) is 5.91 Å². The van der Waals surface area contributed by atoms with E-state index >= 15 is 0 Å². The molecule has 0 saturated carbocycles. The molecule has 30 heavy (non-hydrogen) atoms. The zero-order valence-electron chi connectivity index (χ0n) is 17.4. The fourth-order valence-corrected chi connectivity index (χ4v) is 5.49. The maximum atomic E-state index is 12.8. The molecule has 1 N–H and O–H groups in total. The van der Waals surface area contributed by atoms with Gasteiger partial charge in [0.25, 0.3) is 0 Å². The predicted molar refractivity (Wildman–Crippen MR) is 118 cm³/mol. The van der Waals surface area contributed by atoms with E-state index in [-0.39, 0.29) is 11.9 Å². The fourth-order valence-electron chi connectivity index (χ4n) is 4.19. The van der Waals surface area contributed by atoms with Crippen LogP contribution < -0.4 is 10.2 Å². The van der Waals surface area contributed by atoms with E-state index in [9.17, 15) is 9.59 Å². The molecule has 1 amide bonds. The van der Waals surface area contributed by atoms with Gasteiger partial charge in [-0.15, -0.1) is 11.3 Å². The zero-order chi connectivity index (χ0) is 20.9. The first-order valence-corrected chi connectivity index (χ1v) is 11.4. The summed E-state index contributed by atoms with van der Waals surface area (Å²) in [7, 11) is 1.40. The summed E-state index contributed by atoms with van der Waals surface area (Å²) in [5.74, 6) is 0.543. The fraction of sp³-hybridized carbons (Fsp3) is 0.500. The highest BCUT2D eigenvalue weighted by molar-refractivity contribution is 7.17. The van der Waals surface area contributed by atoms with Crippen molar-refractivity contribution in [3.8, 4) is 0 Å². The minimum Gasteiger partial charge on any atom is -0.465 e. The maximum absolute atomic E-state index is 12.8. The van der Waals surface area contributed by atoms with Crippen LogP contribution in [0, 0.1) is 0 Å². The summed E-state index contributed by atoms with van der Waals surface area (Å²) in [6, 6.07) is 5.91. The largest absolute Gasteiger partial charge is 0.465 e. The standard InChI is InChI=1S/C22H28N4O3S/c1-29-22(28)20-16-7-3-2-4-8-17(16)30-21(20)24-19(27)15-25-11-13-26(14-12-25)18-9-5-6-10-23-18/h5-6,9-10H,2-4,7-8,11-15H2,1H3,(H,24,27). The third-order valence-electron chi connectivity index (χ3n) is 5.78. The number of pyridine rings is 1. The normalized spacial score (nSPS) is 17.2. The molecule has 0 unspecified atom stereocenters. The van der Waals surface area contributed by atoms with Crippen LogP contribution in [0.15, 0.2) is 24.4 Å². The van der Waals surface area contributed by atoms with Crippen LogP contribution in [0.2, 0.25) is 0 Å². The first-order chi connectivity index (χ1) is 14.7. The highest BCUT2D eigenvalue weighted by atomic mass is 32.1. The van der Waals surface area contributed by atoms with Gasteiger partial charge >= 0.3 is 5.97 Å². The number of hydrogen-bond donors (Lipinski definition) is 1. The number of esters is 1. The molecule has 8 heteroatoms. The van der Waals surface area contributed by atoms with Crippen LogP contribution >= 0.6 is 11.3 Å². The van der Waals surface area contributed by atoms with Gasteiger partial charge in [-0.2, -0.15) is 0 Å². The van der Waals surface area contributed by atoms with Gasteiger partial charge in [-0.1, -0.05) is 12.5 Å². The molecule has 2 aromatic heterocycles. The quantitative estimate of drug-likeness (QED) is 0.583. The van der Waals surface area contributed by atoms with E-state index in [2.05, 4.69) is 20.1 Å². The Balaban J connectivity index is 1.38. The molecule has 1 fully saturated rings. The molecule has 0 bridgehead atoms. The van der Waals surface area contributed by atoms with Gasteiger partial charge < -0.3 is 15.0 Å². The molecule has 160 valence electrons. The Morgan fingerprint density at radius 3 is 2.67 bits per heavy atom.